The van der Waals surface area contributed by atoms with Crippen molar-refractivity contribution in [2.24, 2.45) is 11.8 Å². The highest BCUT2D eigenvalue weighted by molar-refractivity contribution is 5.29. The maximum absolute atomic E-state index is 13.0. The number of aryl methyl sites for hydroxylation is 1. The van der Waals surface area contributed by atoms with Crippen LogP contribution < -0.4 is 0 Å². The molecule has 0 saturated heterocycles. The summed E-state index contributed by atoms with van der Waals surface area (Å²) in [5, 5.41) is 9.97. The van der Waals surface area contributed by atoms with Crippen LogP contribution in [0.15, 0.2) is 18.2 Å². The third-order valence-electron chi connectivity index (χ3n) is 3.14. The van der Waals surface area contributed by atoms with Gasteiger partial charge in [0.2, 0.25) is 0 Å². The van der Waals surface area contributed by atoms with E-state index < -0.39 is 6.10 Å². The topological polar surface area (TPSA) is 20.2 Å². The average molecular weight is 194 g/mol. The van der Waals surface area contributed by atoms with Gasteiger partial charge in [0, 0.05) is 0 Å². The molecule has 1 aromatic carbocycles. The molecule has 0 aliphatic heterocycles. The van der Waals surface area contributed by atoms with Crippen LogP contribution in [0, 0.1) is 24.6 Å². The molecule has 2 rings (SSSR count). The second kappa shape index (κ2) is 3.35. The van der Waals surface area contributed by atoms with Crippen LogP contribution in [0.1, 0.15) is 30.6 Å². The van der Waals surface area contributed by atoms with Crippen LogP contribution in [0.2, 0.25) is 0 Å². The van der Waals surface area contributed by atoms with Gasteiger partial charge in [0.15, 0.2) is 0 Å². The molecule has 1 aliphatic carbocycles. The van der Waals surface area contributed by atoms with Crippen molar-refractivity contribution in [1.29, 1.82) is 0 Å². The number of halogens is 1. The van der Waals surface area contributed by atoms with Crippen molar-refractivity contribution >= 4 is 0 Å². The van der Waals surface area contributed by atoms with Gasteiger partial charge >= 0.3 is 0 Å². The number of benzene rings is 1. The normalized spacial score (nSPS) is 27.4. The van der Waals surface area contributed by atoms with Gasteiger partial charge < -0.3 is 5.11 Å². The van der Waals surface area contributed by atoms with Gasteiger partial charge in [-0.1, -0.05) is 13.0 Å². The van der Waals surface area contributed by atoms with Crippen LogP contribution >= 0.6 is 0 Å². The van der Waals surface area contributed by atoms with Crippen LogP contribution in [-0.2, 0) is 0 Å². The lowest BCUT2D eigenvalue weighted by atomic mass is 9.99. The molecular weight excluding hydrogens is 179 g/mol. The van der Waals surface area contributed by atoms with Gasteiger partial charge in [-0.2, -0.15) is 0 Å². The van der Waals surface area contributed by atoms with E-state index in [9.17, 15) is 9.50 Å². The van der Waals surface area contributed by atoms with E-state index in [0.717, 1.165) is 17.5 Å². The summed E-state index contributed by atoms with van der Waals surface area (Å²) in [6, 6.07) is 4.61. The number of aliphatic hydroxyl groups is 1. The zero-order chi connectivity index (χ0) is 10.3. The molecule has 2 heteroatoms. The zero-order valence-electron chi connectivity index (χ0n) is 8.50. The Balaban J connectivity index is 2.26. The monoisotopic (exact) mass is 194 g/mol. The van der Waals surface area contributed by atoms with Crippen LogP contribution in [0.3, 0.4) is 0 Å². The second-order valence-corrected chi connectivity index (χ2v) is 4.32. The molecular formula is C12H15FO. The number of rotatable bonds is 2. The Kier molecular flexibility index (Phi) is 2.31. The lowest BCUT2D eigenvalue weighted by Crippen LogP contribution is -2.03. The highest BCUT2D eigenvalue weighted by Crippen LogP contribution is 2.47. The molecule has 1 aromatic rings. The Morgan fingerprint density at radius 2 is 2.14 bits per heavy atom. The van der Waals surface area contributed by atoms with Crippen molar-refractivity contribution in [3.05, 3.63) is 35.1 Å². The predicted octanol–water partition coefficient (Wildman–Crippen LogP) is 2.82. The van der Waals surface area contributed by atoms with Gasteiger partial charge in [0.25, 0.3) is 0 Å². The van der Waals surface area contributed by atoms with E-state index in [1.165, 1.54) is 12.1 Å². The van der Waals surface area contributed by atoms with Crippen molar-refractivity contribution in [3.63, 3.8) is 0 Å². The Bertz CT molecular complexity index is 348. The third-order valence-corrected chi connectivity index (χ3v) is 3.14. The standard InChI is InChI=1S/C12H15FO/c1-7-3-4-9(13)6-11(7)12(14)10-5-8(10)2/h3-4,6,8,10,12,14H,5H2,1-2H3. The minimum Gasteiger partial charge on any atom is -0.388 e. The Labute approximate surface area is 83.6 Å². The molecule has 0 heterocycles. The summed E-state index contributed by atoms with van der Waals surface area (Å²) >= 11 is 0. The first-order valence-electron chi connectivity index (χ1n) is 5.03. The molecule has 1 fully saturated rings. The molecule has 0 aromatic heterocycles. The minimum absolute atomic E-state index is 0.266. The molecule has 1 nitrogen and oxygen atoms in total. The van der Waals surface area contributed by atoms with Gasteiger partial charge in [-0.25, -0.2) is 4.39 Å². The fourth-order valence-corrected chi connectivity index (χ4v) is 1.95. The molecule has 0 spiro atoms. The first-order chi connectivity index (χ1) is 6.59. The second-order valence-electron chi connectivity index (χ2n) is 4.32. The fourth-order valence-electron chi connectivity index (χ4n) is 1.95. The van der Waals surface area contributed by atoms with Crippen LogP contribution in [0.5, 0.6) is 0 Å². The Morgan fingerprint density at radius 3 is 2.71 bits per heavy atom. The van der Waals surface area contributed by atoms with Crippen molar-refractivity contribution in [2.75, 3.05) is 0 Å². The van der Waals surface area contributed by atoms with E-state index in [0.29, 0.717) is 11.8 Å². The zero-order valence-corrected chi connectivity index (χ0v) is 8.50. The summed E-state index contributed by atoms with van der Waals surface area (Å²) in [6.07, 6.45) is 0.567. The molecule has 1 aliphatic rings. The smallest absolute Gasteiger partial charge is 0.123 e. The molecule has 1 N–H and O–H groups in total. The Hall–Kier alpha value is -0.890. The lowest BCUT2D eigenvalue weighted by molar-refractivity contribution is 0.147. The quantitative estimate of drug-likeness (QED) is 0.767. The van der Waals surface area contributed by atoms with Crippen LogP contribution in [0.25, 0.3) is 0 Å². The first-order valence-corrected chi connectivity index (χ1v) is 5.03. The summed E-state index contributed by atoms with van der Waals surface area (Å²) in [5.74, 6) is 0.640. The first kappa shape index (κ1) is 9.66. The van der Waals surface area contributed by atoms with E-state index in [1.807, 2.05) is 6.92 Å². The highest BCUT2D eigenvalue weighted by atomic mass is 19.1. The number of aliphatic hydroxyl groups excluding tert-OH is 1. The van der Waals surface area contributed by atoms with E-state index >= 15 is 0 Å². The van der Waals surface area contributed by atoms with Crippen molar-refractivity contribution in [3.8, 4) is 0 Å². The largest absolute Gasteiger partial charge is 0.388 e. The highest BCUT2D eigenvalue weighted by Gasteiger charge is 2.39. The molecule has 3 unspecified atom stereocenters. The van der Waals surface area contributed by atoms with Gasteiger partial charge in [-0.05, 0) is 48.4 Å². The van der Waals surface area contributed by atoms with Crippen LogP contribution in [-0.4, -0.2) is 5.11 Å². The van der Waals surface area contributed by atoms with Crippen LogP contribution in [0.4, 0.5) is 4.39 Å². The van der Waals surface area contributed by atoms with Crippen molar-refractivity contribution in [2.45, 2.75) is 26.4 Å². The summed E-state index contributed by atoms with van der Waals surface area (Å²) in [7, 11) is 0. The molecule has 0 amide bonds. The van der Waals surface area contributed by atoms with E-state index in [-0.39, 0.29) is 5.82 Å². The SMILES string of the molecule is Cc1ccc(F)cc1C(O)C1CC1C. The molecule has 76 valence electrons. The fraction of sp³-hybridized carbons (Fsp3) is 0.500. The molecule has 0 bridgehead atoms. The molecule has 14 heavy (non-hydrogen) atoms. The maximum Gasteiger partial charge on any atom is 0.123 e. The van der Waals surface area contributed by atoms with Crippen molar-refractivity contribution in [1.82, 2.24) is 0 Å². The Morgan fingerprint density at radius 1 is 1.50 bits per heavy atom. The van der Waals surface area contributed by atoms with Gasteiger partial charge in [0.05, 0.1) is 6.10 Å². The maximum atomic E-state index is 13.0. The van der Waals surface area contributed by atoms with E-state index in [4.69, 9.17) is 0 Å². The lowest BCUT2D eigenvalue weighted by Gasteiger charge is -2.13. The number of hydrogen-bond donors (Lipinski definition) is 1. The van der Waals surface area contributed by atoms with Gasteiger partial charge in [-0.3, -0.25) is 0 Å². The third kappa shape index (κ3) is 1.67. The van der Waals surface area contributed by atoms with Gasteiger partial charge in [-0.15, -0.1) is 0 Å². The number of hydrogen-bond acceptors (Lipinski definition) is 1. The van der Waals surface area contributed by atoms with Crippen molar-refractivity contribution < 1.29 is 9.50 Å². The summed E-state index contributed by atoms with van der Waals surface area (Å²) in [5.41, 5.74) is 1.72. The summed E-state index contributed by atoms with van der Waals surface area (Å²) in [4.78, 5) is 0. The van der Waals surface area contributed by atoms with E-state index in [2.05, 4.69) is 6.92 Å². The van der Waals surface area contributed by atoms with Gasteiger partial charge in [0.1, 0.15) is 5.82 Å². The summed E-state index contributed by atoms with van der Waals surface area (Å²) in [6.45, 7) is 4.02. The van der Waals surface area contributed by atoms with E-state index in [1.54, 1.807) is 6.07 Å². The predicted molar refractivity (Wildman–Crippen MR) is 53.4 cm³/mol. The molecule has 3 atom stereocenters. The molecule has 1 saturated carbocycles. The minimum atomic E-state index is -0.485. The molecule has 0 radical (unpaired) electrons. The summed E-state index contributed by atoms with van der Waals surface area (Å²) < 4.78 is 13.0. The average Bonchev–Trinajstić information content (AvgIpc) is 2.86.